The molecule has 0 bridgehead atoms. The second kappa shape index (κ2) is 7.70. The number of amides is 1. The quantitative estimate of drug-likeness (QED) is 0.678. The van der Waals surface area contributed by atoms with Crippen molar-refractivity contribution in [2.24, 2.45) is 0 Å². The van der Waals surface area contributed by atoms with E-state index in [1.165, 1.54) is 0 Å². The van der Waals surface area contributed by atoms with Crippen LogP contribution in [-0.4, -0.2) is 32.6 Å². The zero-order valence-electron chi connectivity index (χ0n) is 15.1. The highest BCUT2D eigenvalue weighted by molar-refractivity contribution is 6.31. The van der Waals surface area contributed by atoms with Gasteiger partial charge in [0.05, 0.1) is 6.54 Å². The van der Waals surface area contributed by atoms with Gasteiger partial charge in [-0.3, -0.25) is 4.79 Å². The molecular formula is C20H21ClN4O. The van der Waals surface area contributed by atoms with Crippen LogP contribution < -0.4 is 0 Å². The van der Waals surface area contributed by atoms with Crippen LogP contribution in [0.15, 0.2) is 48.8 Å². The molecule has 0 atom stereocenters. The molecule has 0 aliphatic rings. The van der Waals surface area contributed by atoms with E-state index < -0.39 is 0 Å². The summed E-state index contributed by atoms with van der Waals surface area (Å²) in [7, 11) is 1.77. The first-order valence-electron chi connectivity index (χ1n) is 8.48. The lowest BCUT2D eigenvalue weighted by molar-refractivity contribution is 0.0780. The van der Waals surface area contributed by atoms with Crippen LogP contribution in [0.4, 0.5) is 0 Å². The Balaban J connectivity index is 1.75. The Bertz CT molecular complexity index is 918. The van der Waals surface area contributed by atoms with E-state index in [0.29, 0.717) is 12.1 Å². The molecule has 3 aromatic rings. The minimum absolute atomic E-state index is 0.0468. The van der Waals surface area contributed by atoms with Crippen molar-refractivity contribution in [1.29, 1.82) is 0 Å². The maximum Gasteiger partial charge on any atom is 0.254 e. The van der Waals surface area contributed by atoms with Crippen LogP contribution in [0.5, 0.6) is 0 Å². The van der Waals surface area contributed by atoms with Gasteiger partial charge in [-0.1, -0.05) is 29.8 Å². The van der Waals surface area contributed by atoms with Gasteiger partial charge in [-0.15, -0.1) is 10.2 Å². The van der Waals surface area contributed by atoms with Gasteiger partial charge >= 0.3 is 0 Å². The van der Waals surface area contributed by atoms with Gasteiger partial charge in [-0.25, -0.2) is 0 Å². The third kappa shape index (κ3) is 3.78. The smallest absolute Gasteiger partial charge is 0.254 e. The maximum atomic E-state index is 12.7. The summed E-state index contributed by atoms with van der Waals surface area (Å²) in [6.07, 6.45) is 1.68. The van der Waals surface area contributed by atoms with Crippen LogP contribution in [0.25, 0.3) is 11.1 Å². The molecule has 0 spiro atoms. The lowest BCUT2D eigenvalue weighted by atomic mass is 10.0. The van der Waals surface area contributed by atoms with E-state index in [4.69, 9.17) is 11.6 Å². The number of nitrogens with zero attached hydrogens (tertiary/aromatic N) is 4. The molecule has 0 N–H and O–H groups in total. The second-order valence-corrected chi connectivity index (χ2v) is 6.64. The second-order valence-electron chi connectivity index (χ2n) is 6.24. The summed E-state index contributed by atoms with van der Waals surface area (Å²) in [5.74, 6) is 0.728. The Labute approximate surface area is 158 Å². The number of rotatable bonds is 5. The van der Waals surface area contributed by atoms with Crippen molar-refractivity contribution in [2.75, 3.05) is 7.05 Å². The first kappa shape index (κ1) is 18.1. The minimum Gasteiger partial charge on any atom is -0.334 e. The molecule has 26 heavy (non-hydrogen) atoms. The molecule has 134 valence electrons. The summed E-state index contributed by atoms with van der Waals surface area (Å²) in [6, 6.07) is 13.5. The number of carbonyl (C=O) groups is 1. The first-order valence-corrected chi connectivity index (χ1v) is 8.86. The van der Waals surface area contributed by atoms with Gasteiger partial charge < -0.3 is 9.47 Å². The molecule has 0 saturated carbocycles. The van der Waals surface area contributed by atoms with Gasteiger partial charge in [0.2, 0.25) is 0 Å². The number of carbonyl (C=O) groups excluding carboxylic acids is 1. The fourth-order valence-electron chi connectivity index (χ4n) is 2.80. The molecule has 3 rings (SSSR count). The average molecular weight is 369 g/mol. The van der Waals surface area contributed by atoms with Crippen LogP contribution >= 0.6 is 11.6 Å². The zero-order chi connectivity index (χ0) is 18.7. The van der Waals surface area contributed by atoms with Gasteiger partial charge in [0.1, 0.15) is 6.33 Å². The maximum absolute atomic E-state index is 12.7. The largest absolute Gasteiger partial charge is 0.334 e. The van der Waals surface area contributed by atoms with E-state index in [1.807, 2.05) is 60.9 Å². The SMILES string of the molecule is CCn1cnnc1CN(C)C(=O)c1ccc(-c2ccc(Cl)c(C)c2)cc1. The summed E-state index contributed by atoms with van der Waals surface area (Å²) in [5.41, 5.74) is 3.80. The molecule has 0 fully saturated rings. The fourth-order valence-corrected chi connectivity index (χ4v) is 2.92. The van der Waals surface area contributed by atoms with Crippen molar-refractivity contribution in [3.63, 3.8) is 0 Å². The molecule has 2 aromatic carbocycles. The van der Waals surface area contributed by atoms with Crippen molar-refractivity contribution < 1.29 is 4.79 Å². The summed E-state index contributed by atoms with van der Waals surface area (Å²) >= 11 is 6.09. The summed E-state index contributed by atoms with van der Waals surface area (Å²) in [6.45, 7) is 5.20. The topological polar surface area (TPSA) is 51.0 Å². The van der Waals surface area contributed by atoms with Gasteiger partial charge in [0, 0.05) is 24.2 Å². The van der Waals surface area contributed by atoms with E-state index in [-0.39, 0.29) is 5.91 Å². The van der Waals surface area contributed by atoms with Gasteiger partial charge in [-0.2, -0.15) is 0 Å². The molecule has 1 heterocycles. The van der Waals surface area contributed by atoms with Crippen LogP contribution in [0.2, 0.25) is 5.02 Å². The predicted molar refractivity (Wildman–Crippen MR) is 103 cm³/mol. The van der Waals surface area contributed by atoms with Gasteiger partial charge in [0.25, 0.3) is 5.91 Å². The van der Waals surface area contributed by atoms with Gasteiger partial charge in [-0.05, 0) is 54.8 Å². The molecule has 1 aromatic heterocycles. The van der Waals surface area contributed by atoms with Gasteiger partial charge in [0.15, 0.2) is 5.82 Å². The van der Waals surface area contributed by atoms with E-state index in [0.717, 1.165) is 34.1 Å². The molecule has 6 heteroatoms. The number of aromatic nitrogens is 3. The van der Waals surface area contributed by atoms with Crippen LogP contribution in [0.1, 0.15) is 28.7 Å². The van der Waals surface area contributed by atoms with E-state index >= 15 is 0 Å². The van der Waals surface area contributed by atoms with E-state index in [1.54, 1.807) is 18.3 Å². The molecular weight excluding hydrogens is 348 g/mol. The Kier molecular flexibility index (Phi) is 5.38. The molecule has 0 unspecified atom stereocenters. The van der Waals surface area contributed by atoms with E-state index in [2.05, 4.69) is 10.2 Å². The van der Waals surface area contributed by atoms with Crippen LogP contribution in [0, 0.1) is 6.92 Å². The van der Waals surface area contributed by atoms with Crippen LogP contribution in [0.3, 0.4) is 0 Å². The average Bonchev–Trinajstić information content (AvgIpc) is 3.10. The highest BCUT2D eigenvalue weighted by Crippen LogP contribution is 2.25. The highest BCUT2D eigenvalue weighted by Gasteiger charge is 2.15. The summed E-state index contributed by atoms with van der Waals surface area (Å²) < 4.78 is 1.93. The standard InChI is InChI=1S/C20H21ClN4O/c1-4-25-13-22-23-19(25)12-24(3)20(26)16-7-5-15(6-8-16)17-9-10-18(21)14(2)11-17/h5-11,13H,4,12H2,1-3H3. The van der Waals surface area contributed by atoms with Crippen molar-refractivity contribution in [1.82, 2.24) is 19.7 Å². The number of hydrogen-bond acceptors (Lipinski definition) is 3. The number of aryl methyl sites for hydroxylation is 2. The van der Waals surface area contributed by atoms with Crippen molar-refractivity contribution in [2.45, 2.75) is 26.9 Å². The summed E-state index contributed by atoms with van der Waals surface area (Å²) in [4.78, 5) is 14.3. The zero-order valence-corrected chi connectivity index (χ0v) is 15.9. The number of benzene rings is 2. The molecule has 0 radical (unpaired) electrons. The minimum atomic E-state index is -0.0468. The number of hydrogen-bond donors (Lipinski definition) is 0. The Morgan fingerprint density at radius 1 is 1.15 bits per heavy atom. The molecule has 0 aliphatic heterocycles. The molecule has 0 saturated heterocycles. The fraction of sp³-hybridized carbons (Fsp3) is 0.250. The first-order chi connectivity index (χ1) is 12.5. The van der Waals surface area contributed by atoms with Crippen molar-refractivity contribution >= 4 is 17.5 Å². The lowest BCUT2D eigenvalue weighted by Crippen LogP contribution is -2.27. The molecule has 0 aliphatic carbocycles. The van der Waals surface area contributed by atoms with E-state index in [9.17, 15) is 4.79 Å². The lowest BCUT2D eigenvalue weighted by Gasteiger charge is -2.17. The Hall–Kier alpha value is -2.66. The monoisotopic (exact) mass is 368 g/mol. The third-order valence-corrected chi connectivity index (χ3v) is 4.81. The summed E-state index contributed by atoms with van der Waals surface area (Å²) in [5, 5.41) is 8.73. The highest BCUT2D eigenvalue weighted by atomic mass is 35.5. The molecule has 1 amide bonds. The number of halogens is 1. The molecule has 5 nitrogen and oxygen atoms in total. The third-order valence-electron chi connectivity index (χ3n) is 4.38. The predicted octanol–water partition coefficient (Wildman–Crippen LogP) is 4.20. The van der Waals surface area contributed by atoms with Crippen molar-refractivity contribution in [3.8, 4) is 11.1 Å². The Morgan fingerprint density at radius 3 is 2.50 bits per heavy atom. The normalized spacial score (nSPS) is 10.8. The Morgan fingerprint density at radius 2 is 1.85 bits per heavy atom. The van der Waals surface area contributed by atoms with Crippen molar-refractivity contribution in [3.05, 3.63) is 70.8 Å². The van der Waals surface area contributed by atoms with Crippen LogP contribution in [-0.2, 0) is 13.1 Å².